The normalized spacial score (nSPS) is 13.6. The Kier molecular flexibility index (Phi) is 37.7. The molecule has 0 spiro atoms. The molecule has 2 saturated carbocycles. The van der Waals surface area contributed by atoms with Crippen molar-refractivity contribution in [2.24, 2.45) is 34.4 Å². The van der Waals surface area contributed by atoms with Crippen molar-refractivity contribution in [1.29, 1.82) is 0 Å². The molecule has 15 rings (SSSR count). The molecule has 1 aliphatic heterocycles. The number of para-hydroxylation sites is 1. The summed E-state index contributed by atoms with van der Waals surface area (Å²) in [5.41, 5.74) is 39.3. The Hall–Kier alpha value is -14.7. The zero-order valence-corrected chi connectivity index (χ0v) is 75.9. The van der Waals surface area contributed by atoms with E-state index in [9.17, 15) is 40.7 Å². The van der Waals surface area contributed by atoms with Crippen molar-refractivity contribution in [3.63, 3.8) is 0 Å². The van der Waals surface area contributed by atoms with E-state index in [0.29, 0.717) is 175 Å². The van der Waals surface area contributed by atoms with Crippen molar-refractivity contribution < 1.29 is 82.7 Å². The molecule has 13 N–H and O–H groups in total. The number of nitrogens with one attached hydrogen (secondary N) is 1. The molecular formula is C95H108F6N22O12. The van der Waals surface area contributed by atoms with E-state index in [-0.39, 0.29) is 102 Å². The highest BCUT2D eigenvalue weighted by atomic mass is 19.1. The van der Waals surface area contributed by atoms with Gasteiger partial charge in [0.1, 0.15) is 74.1 Å². The van der Waals surface area contributed by atoms with Crippen LogP contribution < -0.4 is 73.0 Å². The van der Waals surface area contributed by atoms with E-state index in [1.807, 2.05) is 111 Å². The van der Waals surface area contributed by atoms with Crippen molar-refractivity contribution in [2.45, 2.75) is 116 Å². The SMILES string of the molecule is CC(C)(C)NC(=O)c1noc(-c2ccc(OC/C(=C/F)CN)cc2)n1.CC(C)(C)c1nc(-c2ccc(OC/C(=C/F)CN)cc2)no1.CC(C)(C)n1nnc(-c2ccc(OC/C(=C/F)CN)cc2)n1.NC/C(=C\F)COc1ccc(-c2nnn(C3CC3)n2)cc1.NC/C(=C\F)COc1ccc(-c2noc(C3CC3)n2)cc1.NC/C(=C\F)COc1ccc(N2C(=O)C(=O)c3ccccc32)cc1. The highest BCUT2D eigenvalue weighted by Crippen LogP contribution is 2.41. The number of benzene rings is 7. The van der Waals surface area contributed by atoms with Crippen LogP contribution in [0.1, 0.15) is 133 Å². The number of ketones is 1. The molecule has 12 aromatic rings. The Morgan fingerprint density at radius 2 is 0.800 bits per heavy atom. The fraction of sp³-hybridized carbons (Fsp3) is 0.316. The second-order valence-electron chi connectivity index (χ2n) is 33.4. The second-order valence-corrected chi connectivity index (χ2v) is 33.4. The van der Waals surface area contributed by atoms with Gasteiger partial charge in [-0.1, -0.05) is 48.4 Å². The summed E-state index contributed by atoms with van der Waals surface area (Å²) in [5, 5.41) is 39.3. The van der Waals surface area contributed by atoms with Crippen LogP contribution in [0.3, 0.4) is 0 Å². The van der Waals surface area contributed by atoms with Gasteiger partial charge in [-0.15, -0.1) is 20.4 Å². The highest BCUT2D eigenvalue weighted by molar-refractivity contribution is 6.53. The summed E-state index contributed by atoms with van der Waals surface area (Å²) in [7, 11) is 0. The molecule has 6 heterocycles. The molecular weight excluding hydrogens is 1760 g/mol. The predicted octanol–water partition coefficient (Wildman–Crippen LogP) is 15.4. The molecule has 34 nitrogen and oxygen atoms in total. The van der Waals surface area contributed by atoms with Crippen LogP contribution in [0.25, 0.3) is 57.0 Å². The maximum Gasteiger partial charge on any atom is 0.304 e. The van der Waals surface area contributed by atoms with E-state index in [4.69, 9.17) is 76.4 Å². The molecule has 0 bridgehead atoms. The predicted molar refractivity (Wildman–Crippen MR) is 494 cm³/mol. The highest BCUT2D eigenvalue weighted by Gasteiger charge is 2.37. The molecule has 0 radical (unpaired) electrons. The van der Waals surface area contributed by atoms with Crippen LogP contribution in [0.2, 0.25) is 0 Å². The number of carbonyl (C=O) groups excluding carboxylic acids is 3. The summed E-state index contributed by atoms with van der Waals surface area (Å²) >= 11 is 0. The van der Waals surface area contributed by atoms with Crippen LogP contribution in [0.15, 0.2) is 255 Å². The summed E-state index contributed by atoms with van der Waals surface area (Å²) in [6.45, 7) is 19.0. The lowest BCUT2D eigenvalue weighted by Crippen LogP contribution is -2.41. The van der Waals surface area contributed by atoms with Gasteiger partial charge < -0.3 is 81.7 Å². The summed E-state index contributed by atoms with van der Waals surface area (Å²) < 4.78 is 123. The summed E-state index contributed by atoms with van der Waals surface area (Å²) in [5.74, 6) is 6.24. The maximum atomic E-state index is 12.5. The average Bonchev–Trinajstić information content (AvgIpc) is 1.62. The number of fused-ring (bicyclic) bond motifs is 1. The van der Waals surface area contributed by atoms with E-state index in [1.165, 1.54) is 4.90 Å². The molecule has 5 aromatic heterocycles. The topological polar surface area (TPSA) is 482 Å². The molecule has 7 aromatic carbocycles. The molecule has 0 saturated heterocycles. The zero-order valence-electron chi connectivity index (χ0n) is 75.9. The molecule has 135 heavy (non-hydrogen) atoms. The lowest BCUT2D eigenvalue weighted by molar-refractivity contribution is -0.113. The zero-order chi connectivity index (χ0) is 97.2. The number of aromatic nitrogens is 14. The monoisotopic (exact) mass is 1860 g/mol. The minimum absolute atomic E-state index is 0.0362. The minimum atomic E-state index is -0.587. The van der Waals surface area contributed by atoms with Crippen LogP contribution in [-0.2, 0) is 15.7 Å². The Morgan fingerprint density at radius 3 is 1.16 bits per heavy atom. The van der Waals surface area contributed by atoms with Gasteiger partial charge in [0.05, 0.1) is 60.8 Å². The number of nitrogens with zero attached hydrogens (tertiary/aromatic N) is 15. The number of tetrazole rings is 2. The van der Waals surface area contributed by atoms with Gasteiger partial charge in [-0.05, 0) is 235 Å². The Labute approximate surface area is 774 Å². The molecule has 2 amide bonds. The number of hydrogen-bond acceptors (Lipinski definition) is 30. The van der Waals surface area contributed by atoms with E-state index in [1.54, 1.807) is 131 Å². The van der Waals surface area contributed by atoms with Crippen LogP contribution in [0.4, 0.5) is 37.7 Å². The molecule has 712 valence electrons. The number of carbonyl (C=O) groups is 3. The number of anilines is 2. The van der Waals surface area contributed by atoms with Crippen molar-refractivity contribution in [3.8, 4) is 91.5 Å². The van der Waals surface area contributed by atoms with Crippen LogP contribution in [0, 0.1) is 0 Å². The van der Waals surface area contributed by atoms with Gasteiger partial charge in [0.25, 0.3) is 23.4 Å². The molecule has 0 unspecified atom stereocenters. The largest absolute Gasteiger partial charge is 0.489 e. The third-order valence-corrected chi connectivity index (χ3v) is 19.3. The van der Waals surface area contributed by atoms with Gasteiger partial charge in [-0.25, -0.2) is 26.3 Å². The van der Waals surface area contributed by atoms with Gasteiger partial charge in [0.2, 0.25) is 35.1 Å². The summed E-state index contributed by atoms with van der Waals surface area (Å²) in [4.78, 5) is 53.7. The molecule has 2 fully saturated rings. The van der Waals surface area contributed by atoms with Crippen LogP contribution >= 0.6 is 0 Å². The number of ether oxygens (including phenoxy) is 6. The van der Waals surface area contributed by atoms with Gasteiger partial charge in [-0.3, -0.25) is 19.3 Å². The first kappa shape index (κ1) is 102. The Morgan fingerprint density at radius 1 is 0.430 bits per heavy atom. The Balaban J connectivity index is 0.000000168. The van der Waals surface area contributed by atoms with Crippen molar-refractivity contribution in [1.82, 2.24) is 76.2 Å². The maximum absolute atomic E-state index is 12.5. The average molecular weight is 1860 g/mol. The minimum Gasteiger partial charge on any atom is -0.489 e. The summed E-state index contributed by atoms with van der Waals surface area (Å²) in [6, 6.07) is 49.6. The first-order valence-corrected chi connectivity index (χ1v) is 42.6. The van der Waals surface area contributed by atoms with E-state index in [0.717, 1.165) is 47.9 Å². The number of nitrogens with two attached hydrogens (primary N) is 6. The second kappa shape index (κ2) is 49.7. The fourth-order valence-corrected chi connectivity index (χ4v) is 11.2. The van der Waals surface area contributed by atoms with Crippen molar-refractivity contribution in [2.75, 3.05) is 83.8 Å². The van der Waals surface area contributed by atoms with Gasteiger partial charge in [-0.2, -0.15) is 24.5 Å². The number of rotatable bonds is 33. The quantitative estimate of drug-likeness (QED) is 0.0148. The third-order valence-electron chi connectivity index (χ3n) is 19.3. The standard InChI is InChI=1S/C18H15FN2O3.C17H21FN4O3.C16H20FN3O2.C15H20FN5O.C15H16FN3O2.C14H16FN5O/c19-9-12(10-20)11-24-14-7-5-13(6-8-14)21-16-4-2-1-3-15(16)17(22)18(21)23;1-17(2,3)21-15(23)14-20-16(25-22-14)12-4-6-13(7-5-12)24-10-11(8-18)9-19;1-16(2,3)15-19-14(20-22-15)12-4-6-13(7-5-12)21-10-11(8-17)9-18;1-15(2,3)21-19-14(18-20-21)12-4-6-13(7-5-12)22-10-11(8-16)9-17;16-7-10(8-17)9-20-13-5-3-11(4-6-13)14-18-15(21-19-14)12-1-2-12;15-7-10(8-16)9-21-13-5-1-11(2-6-13)14-17-19-20(18-14)12-3-4-12/h1-9H,10-11,20H2;4-8H,9-10,19H2,1-3H3,(H,21,23);4-8H,9-10,18H2,1-3H3;4-8H,9-10,17H2,1-3H3;3-7,12H,1-2,8-9,17H2;1-2,5-7,12H,3-4,8-9,16H2/b12-9+;3*11-8+;2*10-7+. The summed E-state index contributed by atoms with van der Waals surface area (Å²) in [6.07, 6.45) is 7.27. The smallest absolute Gasteiger partial charge is 0.304 e. The molecule has 40 heteroatoms. The van der Waals surface area contributed by atoms with Gasteiger partial charge >= 0.3 is 5.91 Å². The molecule has 3 aliphatic rings. The lowest BCUT2D eigenvalue weighted by atomic mass is 9.97. The molecule has 0 atom stereocenters. The van der Waals surface area contributed by atoms with Gasteiger partial charge in [0.15, 0.2) is 0 Å². The van der Waals surface area contributed by atoms with Crippen LogP contribution in [-0.4, -0.2) is 173 Å². The van der Waals surface area contributed by atoms with Crippen LogP contribution in [0.5, 0.6) is 34.5 Å². The van der Waals surface area contributed by atoms with E-state index < -0.39 is 23.1 Å². The number of halogens is 6. The number of Topliss-reactive ketones (excluding diaryl/α,β-unsaturated/α-hetero) is 1. The number of hydrogen-bond donors (Lipinski definition) is 7. The first-order valence-electron chi connectivity index (χ1n) is 42.6. The van der Waals surface area contributed by atoms with Crippen molar-refractivity contribution in [3.05, 3.63) is 264 Å². The van der Waals surface area contributed by atoms with Crippen molar-refractivity contribution >= 4 is 29.0 Å². The first-order chi connectivity index (χ1) is 64.9. The van der Waals surface area contributed by atoms with E-state index >= 15 is 0 Å². The Bertz CT molecular complexity index is 5770. The fourth-order valence-electron chi connectivity index (χ4n) is 11.2. The van der Waals surface area contributed by atoms with E-state index in [2.05, 4.69) is 66.6 Å². The number of amides is 2. The van der Waals surface area contributed by atoms with Gasteiger partial charge in [0, 0.05) is 123 Å². The lowest BCUT2D eigenvalue weighted by Gasteiger charge is -2.18. The third kappa shape index (κ3) is 30.9. The molecule has 2 aliphatic carbocycles.